The molecule has 0 amide bonds. The van der Waals surface area contributed by atoms with Gasteiger partial charge in [0.25, 0.3) is 0 Å². The second kappa shape index (κ2) is 3.89. The third-order valence-corrected chi connectivity index (χ3v) is 2.73. The zero-order valence-corrected chi connectivity index (χ0v) is 9.36. The summed E-state index contributed by atoms with van der Waals surface area (Å²) in [5.74, 6) is 0.610. The van der Waals surface area contributed by atoms with E-state index in [9.17, 15) is 10.2 Å². The largest absolute Gasteiger partial charge is 0.508 e. The number of benzene rings is 2. The first-order valence-electron chi connectivity index (χ1n) is 5.17. The highest BCUT2D eigenvalue weighted by Crippen LogP contribution is 2.28. The Morgan fingerprint density at radius 2 is 1.06 bits per heavy atom. The molecule has 2 aromatic rings. The van der Waals surface area contributed by atoms with Crippen molar-refractivity contribution >= 4 is 0 Å². The molecule has 2 aromatic carbocycles. The molecule has 2 nitrogen and oxygen atoms in total. The molecule has 16 heavy (non-hydrogen) atoms. The Morgan fingerprint density at radius 1 is 0.688 bits per heavy atom. The van der Waals surface area contributed by atoms with Crippen LogP contribution in [0, 0.1) is 13.8 Å². The lowest BCUT2D eigenvalue weighted by molar-refractivity contribution is 0.470. The molecular formula is C14H14O2. The number of rotatable bonds is 1. The normalized spacial score (nSPS) is 10.4. The molecule has 2 rings (SSSR count). The van der Waals surface area contributed by atoms with Crippen molar-refractivity contribution < 1.29 is 10.2 Å². The van der Waals surface area contributed by atoms with Crippen molar-refractivity contribution in [3.05, 3.63) is 47.5 Å². The van der Waals surface area contributed by atoms with Crippen LogP contribution in [0.2, 0.25) is 0 Å². The van der Waals surface area contributed by atoms with Crippen molar-refractivity contribution in [3.63, 3.8) is 0 Å². The summed E-state index contributed by atoms with van der Waals surface area (Å²) in [6, 6.07) is 11.0. The quantitative estimate of drug-likeness (QED) is 0.764. The average Bonchev–Trinajstić information content (AvgIpc) is 2.26. The molecule has 0 fully saturated rings. The molecular weight excluding hydrogens is 200 g/mol. The molecule has 82 valence electrons. The summed E-state index contributed by atoms with van der Waals surface area (Å²) in [5.41, 5.74) is 3.78. The van der Waals surface area contributed by atoms with Crippen molar-refractivity contribution in [2.24, 2.45) is 0 Å². The van der Waals surface area contributed by atoms with Crippen LogP contribution >= 0.6 is 0 Å². The summed E-state index contributed by atoms with van der Waals surface area (Å²) in [5, 5.41) is 18.9. The van der Waals surface area contributed by atoms with Crippen LogP contribution in [0.1, 0.15) is 11.1 Å². The van der Waals surface area contributed by atoms with E-state index >= 15 is 0 Å². The summed E-state index contributed by atoms with van der Waals surface area (Å²) in [7, 11) is 0. The second-order valence-corrected chi connectivity index (χ2v) is 4.00. The monoisotopic (exact) mass is 214 g/mol. The SMILES string of the molecule is Cc1cc(-c2ccc(O)c(C)c2)ccc1O. The highest BCUT2D eigenvalue weighted by molar-refractivity contribution is 5.67. The Balaban J connectivity index is 2.50. The summed E-state index contributed by atoms with van der Waals surface area (Å²) in [4.78, 5) is 0. The zero-order valence-electron chi connectivity index (χ0n) is 9.36. The Hall–Kier alpha value is -1.96. The van der Waals surface area contributed by atoms with Crippen LogP contribution in [-0.2, 0) is 0 Å². The number of aryl methyl sites for hydroxylation is 2. The topological polar surface area (TPSA) is 40.5 Å². The van der Waals surface area contributed by atoms with E-state index in [1.54, 1.807) is 12.1 Å². The number of hydrogen-bond donors (Lipinski definition) is 2. The highest BCUT2D eigenvalue weighted by Gasteiger charge is 2.03. The lowest BCUT2D eigenvalue weighted by Crippen LogP contribution is -1.82. The standard InChI is InChI=1S/C14H14O2/c1-9-7-11(3-5-13(9)15)12-4-6-14(16)10(2)8-12/h3-8,15-16H,1-2H3. The summed E-state index contributed by atoms with van der Waals surface area (Å²) in [6.07, 6.45) is 0. The second-order valence-electron chi connectivity index (χ2n) is 4.00. The first-order chi connectivity index (χ1) is 7.58. The van der Waals surface area contributed by atoms with Gasteiger partial charge >= 0.3 is 0 Å². The molecule has 0 spiro atoms. The lowest BCUT2D eigenvalue weighted by atomic mass is 10.0. The molecule has 0 saturated heterocycles. The van der Waals surface area contributed by atoms with E-state index in [4.69, 9.17) is 0 Å². The van der Waals surface area contributed by atoms with Gasteiger partial charge < -0.3 is 10.2 Å². The fraction of sp³-hybridized carbons (Fsp3) is 0.143. The fourth-order valence-corrected chi connectivity index (χ4v) is 1.67. The number of aromatic hydroxyl groups is 2. The van der Waals surface area contributed by atoms with Gasteiger partial charge in [-0.3, -0.25) is 0 Å². The molecule has 0 atom stereocenters. The van der Waals surface area contributed by atoms with E-state index in [1.165, 1.54) is 0 Å². The minimum absolute atomic E-state index is 0.305. The minimum Gasteiger partial charge on any atom is -0.508 e. The molecule has 0 aromatic heterocycles. The van der Waals surface area contributed by atoms with Gasteiger partial charge in [-0.05, 0) is 60.4 Å². The highest BCUT2D eigenvalue weighted by atomic mass is 16.3. The third kappa shape index (κ3) is 1.87. The van der Waals surface area contributed by atoms with Gasteiger partial charge in [-0.15, -0.1) is 0 Å². The molecule has 0 heterocycles. The van der Waals surface area contributed by atoms with Gasteiger partial charge in [-0.1, -0.05) is 12.1 Å². The molecule has 0 aliphatic heterocycles. The Kier molecular flexibility index (Phi) is 2.57. The number of phenolic OH excluding ortho intramolecular Hbond substituents is 2. The van der Waals surface area contributed by atoms with E-state index in [1.807, 2.05) is 38.1 Å². The van der Waals surface area contributed by atoms with Crippen LogP contribution in [0.4, 0.5) is 0 Å². The van der Waals surface area contributed by atoms with E-state index in [0.717, 1.165) is 22.3 Å². The van der Waals surface area contributed by atoms with Crippen LogP contribution in [0.3, 0.4) is 0 Å². The van der Waals surface area contributed by atoms with Crippen LogP contribution in [0.5, 0.6) is 11.5 Å². The average molecular weight is 214 g/mol. The Bertz CT molecular complexity index is 481. The summed E-state index contributed by atoms with van der Waals surface area (Å²) >= 11 is 0. The molecule has 0 aliphatic carbocycles. The zero-order chi connectivity index (χ0) is 11.7. The predicted molar refractivity (Wildman–Crippen MR) is 64.7 cm³/mol. The van der Waals surface area contributed by atoms with Crippen LogP contribution < -0.4 is 0 Å². The van der Waals surface area contributed by atoms with Crippen molar-refractivity contribution in [2.75, 3.05) is 0 Å². The third-order valence-electron chi connectivity index (χ3n) is 2.73. The van der Waals surface area contributed by atoms with Gasteiger partial charge in [0.05, 0.1) is 0 Å². The predicted octanol–water partition coefficient (Wildman–Crippen LogP) is 3.38. The van der Waals surface area contributed by atoms with Crippen LogP contribution in [0.25, 0.3) is 11.1 Å². The van der Waals surface area contributed by atoms with Gasteiger partial charge in [0.15, 0.2) is 0 Å². The Labute approximate surface area is 94.8 Å². The van der Waals surface area contributed by atoms with Crippen molar-refractivity contribution in [2.45, 2.75) is 13.8 Å². The maximum atomic E-state index is 9.45. The number of hydrogen-bond acceptors (Lipinski definition) is 2. The van der Waals surface area contributed by atoms with Gasteiger partial charge in [-0.2, -0.15) is 0 Å². The lowest BCUT2D eigenvalue weighted by Gasteiger charge is -2.06. The van der Waals surface area contributed by atoms with Crippen LogP contribution in [-0.4, -0.2) is 10.2 Å². The Morgan fingerprint density at radius 3 is 1.38 bits per heavy atom. The van der Waals surface area contributed by atoms with E-state index in [-0.39, 0.29) is 0 Å². The summed E-state index contributed by atoms with van der Waals surface area (Å²) in [6.45, 7) is 3.73. The van der Waals surface area contributed by atoms with E-state index in [2.05, 4.69) is 0 Å². The van der Waals surface area contributed by atoms with Crippen LogP contribution in [0.15, 0.2) is 36.4 Å². The van der Waals surface area contributed by atoms with Gasteiger partial charge in [0.1, 0.15) is 11.5 Å². The van der Waals surface area contributed by atoms with E-state index in [0.29, 0.717) is 11.5 Å². The van der Waals surface area contributed by atoms with E-state index < -0.39 is 0 Å². The fourth-order valence-electron chi connectivity index (χ4n) is 1.67. The molecule has 0 aliphatic rings. The van der Waals surface area contributed by atoms with Crippen molar-refractivity contribution in [1.29, 1.82) is 0 Å². The minimum atomic E-state index is 0.305. The molecule has 0 bridgehead atoms. The molecule has 0 unspecified atom stereocenters. The molecule has 2 heteroatoms. The van der Waals surface area contributed by atoms with Gasteiger partial charge in [-0.25, -0.2) is 0 Å². The van der Waals surface area contributed by atoms with Crippen molar-refractivity contribution in [3.8, 4) is 22.6 Å². The maximum Gasteiger partial charge on any atom is 0.118 e. The smallest absolute Gasteiger partial charge is 0.118 e. The number of phenols is 2. The summed E-state index contributed by atoms with van der Waals surface area (Å²) < 4.78 is 0. The first kappa shape index (κ1) is 10.6. The molecule has 2 N–H and O–H groups in total. The van der Waals surface area contributed by atoms with Gasteiger partial charge in [0, 0.05) is 0 Å². The van der Waals surface area contributed by atoms with Gasteiger partial charge in [0.2, 0.25) is 0 Å². The maximum absolute atomic E-state index is 9.45. The van der Waals surface area contributed by atoms with Crippen molar-refractivity contribution in [1.82, 2.24) is 0 Å². The molecule has 0 radical (unpaired) electrons. The first-order valence-corrected chi connectivity index (χ1v) is 5.17. The molecule has 0 saturated carbocycles.